The van der Waals surface area contributed by atoms with Crippen LogP contribution in [-0.4, -0.2) is 9.13 Å². The first-order chi connectivity index (χ1) is 23.3. The van der Waals surface area contributed by atoms with Gasteiger partial charge in [-0.2, -0.15) is 5.26 Å². The third-order valence-electron chi connectivity index (χ3n) is 9.57. The highest BCUT2D eigenvalue weighted by Crippen LogP contribution is 2.41. The molecule has 0 fully saturated rings. The van der Waals surface area contributed by atoms with E-state index in [0.717, 1.165) is 66.2 Å². The molecule has 3 aromatic heterocycles. The van der Waals surface area contributed by atoms with Crippen molar-refractivity contribution in [1.82, 2.24) is 9.13 Å². The standard InChI is InChI=1S/C43H25N3O/c44-26-28-10-9-15-30(27-20-22-29(23-21-27)45-37-16-5-1-11-31(37)32-12-2-6-17-38(32)45)43(28)46-39-18-7-3-13-33(39)35-24-36-34-14-4-8-19-41(34)47-42(36)25-40(35)46/h1-25H. The molecule has 7 aromatic carbocycles. The summed E-state index contributed by atoms with van der Waals surface area (Å²) in [6.45, 7) is 0. The Kier molecular flexibility index (Phi) is 5.32. The van der Waals surface area contributed by atoms with Gasteiger partial charge in [0, 0.05) is 49.6 Å². The fraction of sp³-hybridized carbons (Fsp3) is 0. The van der Waals surface area contributed by atoms with E-state index in [2.05, 4.69) is 137 Å². The van der Waals surface area contributed by atoms with E-state index >= 15 is 0 Å². The molecule has 0 saturated carbocycles. The number of hydrogen-bond donors (Lipinski definition) is 0. The molecule has 4 heteroatoms. The number of rotatable bonds is 3. The molecule has 0 atom stereocenters. The number of aromatic nitrogens is 2. The molecular formula is C43H25N3O. The third kappa shape index (κ3) is 3.63. The third-order valence-corrected chi connectivity index (χ3v) is 9.57. The van der Waals surface area contributed by atoms with Crippen molar-refractivity contribution in [3.63, 3.8) is 0 Å². The van der Waals surface area contributed by atoms with Crippen LogP contribution in [0.25, 0.3) is 88.1 Å². The Bertz CT molecular complexity index is 2860. The summed E-state index contributed by atoms with van der Waals surface area (Å²) < 4.78 is 10.9. The molecule has 0 spiro atoms. The van der Waals surface area contributed by atoms with Crippen molar-refractivity contribution >= 4 is 65.6 Å². The summed E-state index contributed by atoms with van der Waals surface area (Å²) in [5, 5.41) is 17.4. The lowest BCUT2D eigenvalue weighted by molar-refractivity contribution is 0.669. The molecule has 0 aliphatic carbocycles. The highest BCUT2D eigenvalue weighted by molar-refractivity contribution is 6.17. The van der Waals surface area contributed by atoms with Gasteiger partial charge in [0.25, 0.3) is 0 Å². The maximum absolute atomic E-state index is 10.5. The topological polar surface area (TPSA) is 46.8 Å². The Hall–Kier alpha value is -6.57. The van der Waals surface area contributed by atoms with Crippen molar-refractivity contribution in [3.05, 3.63) is 157 Å². The fourth-order valence-corrected chi connectivity index (χ4v) is 7.53. The lowest BCUT2D eigenvalue weighted by Crippen LogP contribution is -2.01. The summed E-state index contributed by atoms with van der Waals surface area (Å²) in [7, 11) is 0. The van der Waals surface area contributed by atoms with E-state index in [0.29, 0.717) is 5.56 Å². The van der Waals surface area contributed by atoms with Crippen molar-refractivity contribution in [1.29, 1.82) is 5.26 Å². The molecule has 0 unspecified atom stereocenters. The fourth-order valence-electron chi connectivity index (χ4n) is 7.53. The quantitative estimate of drug-likeness (QED) is 0.203. The molecule has 218 valence electrons. The number of nitriles is 1. The molecule has 0 bridgehead atoms. The molecule has 47 heavy (non-hydrogen) atoms. The molecule has 0 radical (unpaired) electrons. The maximum atomic E-state index is 10.5. The summed E-state index contributed by atoms with van der Waals surface area (Å²) in [6, 6.07) is 55.3. The Labute approximate surface area is 269 Å². The van der Waals surface area contributed by atoms with Crippen LogP contribution in [0.5, 0.6) is 0 Å². The smallest absolute Gasteiger partial charge is 0.137 e. The normalized spacial score (nSPS) is 11.8. The van der Waals surface area contributed by atoms with Crippen LogP contribution in [0, 0.1) is 11.3 Å². The summed E-state index contributed by atoms with van der Waals surface area (Å²) in [5.74, 6) is 0. The lowest BCUT2D eigenvalue weighted by atomic mass is 9.99. The van der Waals surface area contributed by atoms with E-state index in [1.807, 2.05) is 30.3 Å². The maximum Gasteiger partial charge on any atom is 0.137 e. The summed E-state index contributed by atoms with van der Waals surface area (Å²) in [6.07, 6.45) is 0. The van der Waals surface area contributed by atoms with E-state index in [1.54, 1.807) is 0 Å². The van der Waals surface area contributed by atoms with Crippen molar-refractivity contribution < 1.29 is 4.42 Å². The van der Waals surface area contributed by atoms with Gasteiger partial charge in [-0.3, -0.25) is 0 Å². The minimum absolute atomic E-state index is 0.612. The van der Waals surface area contributed by atoms with Gasteiger partial charge in [0.2, 0.25) is 0 Å². The predicted octanol–water partition coefficient (Wildman–Crippen LogP) is 11.3. The minimum Gasteiger partial charge on any atom is -0.456 e. The molecule has 10 aromatic rings. The Morgan fingerprint density at radius 3 is 1.72 bits per heavy atom. The molecule has 4 nitrogen and oxygen atoms in total. The second kappa shape index (κ2) is 9.71. The zero-order valence-corrected chi connectivity index (χ0v) is 25.2. The van der Waals surface area contributed by atoms with Crippen LogP contribution in [0.1, 0.15) is 5.56 Å². The molecule has 0 saturated heterocycles. The minimum atomic E-state index is 0.612. The Morgan fingerprint density at radius 1 is 0.447 bits per heavy atom. The molecule has 0 amide bonds. The zero-order chi connectivity index (χ0) is 31.1. The van der Waals surface area contributed by atoms with E-state index in [9.17, 15) is 5.26 Å². The largest absolute Gasteiger partial charge is 0.456 e. The molecule has 3 heterocycles. The number of hydrogen-bond acceptors (Lipinski definition) is 2. The van der Waals surface area contributed by atoms with Gasteiger partial charge >= 0.3 is 0 Å². The van der Waals surface area contributed by atoms with Gasteiger partial charge in [-0.25, -0.2) is 0 Å². The van der Waals surface area contributed by atoms with Crippen LogP contribution in [0.15, 0.2) is 156 Å². The van der Waals surface area contributed by atoms with Crippen molar-refractivity contribution in [3.8, 4) is 28.6 Å². The number of para-hydroxylation sites is 5. The van der Waals surface area contributed by atoms with Gasteiger partial charge < -0.3 is 13.6 Å². The van der Waals surface area contributed by atoms with E-state index < -0.39 is 0 Å². The summed E-state index contributed by atoms with van der Waals surface area (Å²) >= 11 is 0. The monoisotopic (exact) mass is 599 g/mol. The number of furan rings is 1. The predicted molar refractivity (Wildman–Crippen MR) is 193 cm³/mol. The number of nitrogens with zero attached hydrogens (tertiary/aromatic N) is 3. The summed E-state index contributed by atoms with van der Waals surface area (Å²) in [5.41, 5.74) is 10.7. The van der Waals surface area contributed by atoms with E-state index in [4.69, 9.17) is 4.42 Å². The first-order valence-corrected chi connectivity index (χ1v) is 15.8. The van der Waals surface area contributed by atoms with Crippen LogP contribution in [0.3, 0.4) is 0 Å². The molecule has 0 N–H and O–H groups in total. The molecule has 0 aliphatic rings. The van der Waals surface area contributed by atoms with Crippen molar-refractivity contribution in [2.24, 2.45) is 0 Å². The first kappa shape index (κ1) is 25.7. The van der Waals surface area contributed by atoms with Gasteiger partial charge in [-0.1, -0.05) is 97.1 Å². The van der Waals surface area contributed by atoms with E-state index in [1.165, 1.54) is 21.8 Å². The van der Waals surface area contributed by atoms with Crippen LogP contribution >= 0.6 is 0 Å². The van der Waals surface area contributed by atoms with Gasteiger partial charge in [-0.05, 0) is 54.1 Å². The van der Waals surface area contributed by atoms with E-state index in [-0.39, 0.29) is 0 Å². The average molecular weight is 600 g/mol. The van der Waals surface area contributed by atoms with Crippen LogP contribution in [-0.2, 0) is 0 Å². The zero-order valence-electron chi connectivity index (χ0n) is 25.2. The van der Waals surface area contributed by atoms with Crippen molar-refractivity contribution in [2.75, 3.05) is 0 Å². The van der Waals surface area contributed by atoms with Gasteiger partial charge in [0.1, 0.15) is 17.2 Å². The highest BCUT2D eigenvalue weighted by atomic mass is 16.3. The molecular weight excluding hydrogens is 574 g/mol. The van der Waals surface area contributed by atoms with Crippen LogP contribution < -0.4 is 0 Å². The molecule has 0 aliphatic heterocycles. The van der Waals surface area contributed by atoms with Gasteiger partial charge in [0.05, 0.1) is 33.3 Å². The first-order valence-electron chi connectivity index (χ1n) is 15.8. The number of benzene rings is 7. The van der Waals surface area contributed by atoms with Crippen LogP contribution in [0.2, 0.25) is 0 Å². The van der Waals surface area contributed by atoms with Gasteiger partial charge in [0.15, 0.2) is 0 Å². The second-order valence-electron chi connectivity index (χ2n) is 12.0. The lowest BCUT2D eigenvalue weighted by Gasteiger charge is -2.16. The van der Waals surface area contributed by atoms with Crippen LogP contribution in [0.4, 0.5) is 0 Å². The van der Waals surface area contributed by atoms with Gasteiger partial charge in [-0.15, -0.1) is 0 Å². The number of fused-ring (bicyclic) bond motifs is 9. The Balaban J connectivity index is 1.22. The SMILES string of the molecule is N#Cc1cccc(-c2ccc(-n3c4ccccc4c4ccccc43)cc2)c1-n1c2ccccc2c2cc3c(cc21)oc1ccccc13. The second-order valence-corrected chi connectivity index (χ2v) is 12.0. The highest BCUT2D eigenvalue weighted by Gasteiger charge is 2.21. The van der Waals surface area contributed by atoms with Crippen molar-refractivity contribution in [2.45, 2.75) is 0 Å². The average Bonchev–Trinajstić information content (AvgIpc) is 3.77. The molecule has 10 rings (SSSR count). The Morgan fingerprint density at radius 2 is 1.04 bits per heavy atom. The summed E-state index contributed by atoms with van der Waals surface area (Å²) in [4.78, 5) is 0.